The molecule has 4 aromatic rings. The van der Waals surface area contributed by atoms with E-state index in [4.69, 9.17) is 0 Å². The van der Waals surface area contributed by atoms with Crippen molar-refractivity contribution in [2.75, 3.05) is 5.32 Å². The van der Waals surface area contributed by atoms with E-state index in [1.807, 2.05) is 5.38 Å². The Bertz CT molecular complexity index is 1340. The molecule has 8 nitrogen and oxygen atoms in total. The molecule has 0 aliphatic heterocycles. The first-order chi connectivity index (χ1) is 15.1. The summed E-state index contributed by atoms with van der Waals surface area (Å²) in [4.78, 5) is 33.7. The number of benzene rings is 1. The number of nitrogens with one attached hydrogen (secondary N) is 1. The van der Waals surface area contributed by atoms with E-state index in [2.05, 4.69) is 38.6 Å². The number of carbonyl (C=O) groups is 1. The van der Waals surface area contributed by atoms with Crippen LogP contribution < -0.4 is 10.9 Å². The van der Waals surface area contributed by atoms with Crippen molar-refractivity contribution in [1.82, 2.24) is 24.3 Å². The van der Waals surface area contributed by atoms with Gasteiger partial charge in [-0.1, -0.05) is 12.1 Å². The lowest BCUT2D eigenvalue weighted by molar-refractivity contribution is -0.116. The summed E-state index contributed by atoms with van der Waals surface area (Å²) in [6.45, 7) is 0.242. The van der Waals surface area contributed by atoms with E-state index < -0.39 is 0 Å². The summed E-state index contributed by atoms with van der Waals surface area (Å²) >= 11 is 1.40. The molecule has 3 aromatic heterocycles. The molecule has 1 aliphatic rings. The van der Waals surface area contributed by atoms with Gasteiger partial charge in [0.25, 0.3) is 5.56 Å². The van der Waals surface area contributed by atoms with Gasteiger partial charge in [-0.25, -0.2) is 9.97 Å². The van der Waals surface area contributed by atoms with Crippen molar-refractivity contribution in [3.8, 4) is 11.3 Å². The van der Waals surface area contributed by atoms with Crippen LogP contribution in [0.5, 0.6) is 0 Å². The summed E-state index contributed by atoms with van der Waals surface area (Å²) < 4.78 is 2.99. The Kier molecular flexibility index (Phi) is 5.11. The van der Waals surface area contributed by atoms with Crippen molar-refractivity contribution >= 4 is 33.4 Å². The van der Waals surface area contributed by atoms with Crippen LogP contribution in [-0.4, -0.2) is 30.2 Å². The molecule has 0 atom stereocenters. The molecule has 1 amide bonds. The summed E-state index contributed by atoms with van der Waals surface area (Å²) in [6, 6.07) is 6.54. The number of hydrogen-bond donors (Lipinski definition) is 1. The molecule has 0 bridgehead atoms. The van der Waals surface area contributed by atoms with E-state index in [1.54, 1.807) is 11.7 Å². The van der Waals surface area contributed by atoms with Crippen LogP contribution in [0.1, 0.15) is 30.4 Å². The first-order valence-corrected chi connectivity index (χ1v) is 11.2. The minimum absolute atomic E-state index is 0.154. The van der Waals surface area contributed by atoms with Crippen molar-refractivity contribution in [3.05, 3.63) is 57.6 Å². The van der Waals surface area contributed by atoms with Gasteiger partial charge in [0.05, 0.1) is 18.2 Å². The van der Waals surface area contributed by atoms with Gasteiger partial charge in [-0.15, -0.1) is 11.3 Å². The summed E-state index contributed by atoms with van der Waals surface area (Å²) in [7, 11) is 1.74. The third-order valence-electron chi connectivity index (χ3n) is 5.69. The largest absolute Gasteiger partial charge is 0.302 e. The molecule has 3 heterocycles. The van der Waals surface area contributed by atoms with E-state index in [0.717, 1.165) is 24.1 Å². The molecule has 1 N–H and O–H groups in total. The number of hydrogen-bond acceptors (Lipinski definition) is 6. The molecule has 0 spiro atoms. The number of anilines is 1. The predicted octanol–water partition coefficient (Wildman–Crippen LogP) is 3.16. The molecule has 0 saturated carbocycles. The van der Waals surface area contributed by atoms with Crippen molar-refractivity contribution in [2.45, 2.75) is 38.6 Å². The van der Waals surface area contributed by atoms with E-state index in [1.165, 1.54) is 52.4 Å². The van der Waals surface area contributed by atoms with Crippen LogP contribution in [0, 0.1) is 0 Å². The van der Waals surface area contributed by atoms with Gasteiger partial charge in [-0.3, -0.25) is 18.8 Å². The van der Waals surface area contributed by atoms with Gasteiger partial charge < -0.3 is 5.32 Å². The van der Waals surface area contributed by atoms with Crippen molar-refractivity contribution in [1.29, 1.82) is 0 Å². The molecule has 0 saturated heterocycles. The number of carbonyl (C=O) groups excluding carboxylic acids is 1. The van der Waals surface area contributed by atoms with Gasteiger partial charge in [-0.05, 0) is 42.9 Å². The second-order valence-corrected chi connectivity index (χ2v) is 8.63. The molecular weight excluding hydrogens is 412 g/mol. The molecular formula is C22H22N6O2S. The van der Waals surface area contributed by atoms with Crippen molar-refractivity contribution in [3.63, 3.8) is 0 Å². The lowest BCUT2D eigenvalue weighted by atomic mass is 9.90. The number of aryl methyl sites for hydroxylation is 4. The highest BCUT2D eigenvalue weighted by Crippen LogP contribution is 2.29. The second kappa shape index (κ2) is 8.07. The van der Waals surface area contributed by atoms with Crippen LogP contribution in [-0.2, 0) is 31.2 Å². The number of nitrogens with zero attached hydrogens (tertiary/aromatic N) is 5. The van der Waals surface area contributed by atoms with Gasteiger partial charge in [0.15, 0.2) is 10.8 Å². The van der Waals surface area contributed by atoms with E-state index >= 15 is 0 Å². The van der Waals surface area contributed by atoms with Crippen LogP contribution in [0.15, 0.2) is 40.9 Å². The standard InChI is InChI=1S/C22H22N6O2S/c1-27-20-17(11-24-27)21(30)28(13-23-20)9-8-19(29)26-22-25-18(12-31-22)16-7-6-14-4-2-3-5-15(14)10-16/h6-7,10-13H,2-5,8-9H2,1H3,(H,25,26,29). The Morgan fingerprint density at radius 2 is 2.06 bits per heavy atom. The monoisotopic (exact) mass is 434 g/mol. The highest BCUT2D eigenvalue weighted by molar-refractivity contribution is 7.14. The average molecular weight is 435 g/mol. The second-order valence-electron chi connectivity index (χ2n) is 7.78. The topological polar surface area (TPSA) is 94.7 Å². The molecule has 1 aromatic carbocycles. The highest BCUT2D eigenvalue weighted by atomic mass is 32.1. The molecule has 1 aliphatic carbocycles. The van der Waals surface area contributed by atoms with Gasteiger partial charge in [0.1, 0.15) is 5.39 Å². The van der Waals surface area contributed by atoms with Gasteiger partial charge in [0.2, 0.25) is 5.91 Å². The maximum Gasteiger partial charge on any atom is 0.264 e. The Balaban J connectivity index is 1.24. The number of fused-ring (bicyclic) bond motifs is 2. The Hall–Kier alpha value is -3.33. The van der Waals surface area contributed by atoms with Crippen molar-refractivity contribution in [2.24, 2.45) is 7.05 Å². The molecule has 0 radical (unpaired) electrons. The third kappa shape index (κ3) is 3.88. The maximum atomic E-state index is 12.5. The first kappa shape index (κ1) is 19.6. The quantitative estimate of drug-likeness (QED) is 0.521. The number of thiazole rings is 1. The Morgan fingerprint density at radius 3 is 2.94 bits per heavy atom. The van der Waals surface area contributed by atoms with Gasteiger partial charge >= 0.3 is 0 Å². The average Bonchev–Trinajstić information content (AvgIpc) is 3.40. The molecule has 0 fully saturated rings. The normalized spacial score (nSPS) is 13.3. The van der Waals surface area contributed by atoms with E-state index in [0.29, 0.717) is 16.2 Å². The van der Waals surface area contributed by atoms with E-state index in [9.17, 15) is 9.59 Å². The zero-order valence-electron chi connectivity index (χ0n) is 17.2. The molecule has 5 rings (SSSR count). The van der Waals surface area contributed by atoms with E-state index in [-0.39, 0.29) is 24.4 Å². The highest BCUT2D eigenvalue weighted by Gasteiger charge is 2.14. The predicted molar refractivity (Wildman–Crippen MR) is 120 cm³/mol. The van der Waals surface area contributed by atoms with Crippen molar-refractivity contribution < 1.29 is 4.79 Å². The fourth-order valence-corrected chi connectivity index (χ4v) is 4.72. The number of rotatable bonds is 5. The fraction of sp³-hybridized carbons (Fsp3) is 0.318. The lowest BCUT2D eigenvalue weighted by Gasteiger charge is -2.16. The van der Waals surface area contributed by atoms with Crippen LogP contribution in [0.2, 0.25) is 0 Å². The SMILES string of the molecule is Cn1ncc2c(=O)n(CCC(=O)Nc3nc(-c4ccc5c(c4)CCCC5)cs3)cnc21. The summed E-state index contributed by atoms with van der Waals surface area (Å²) in [5.74, 6) is -0.190. The molecule has 31 heavy (non-hydrogen) atoms. The number of amides is 1. The molecule has 9 heteroatoms. The van der Waals surface area contributed by atoms with Crippen LogP contribution in [0.3, 0.4) is 0 Å². The molecule has 158 valence electrons. The fourth-order valence-electron chi connectivity index (χ4n) is 3.99. The summed E-state index contributed by atoms with van der Waals surface area (Å²) in [5, 5.41) is 9.86. The minimum Gasteiger partial charge on any atom is -0.302 e. The zero-order chi connectivity index (χ0) is 21.4. The zero-order valence-corrected chi connectivity index (χ0v) is 18.0. The van der Waals surface area contributed by atoms with Crippen LogP contribution >= 0.6 is 11.3 Å². The summed E-state index contributed by atoms with van der Waals surface area (Å²) in [6.07, 6.45) is 7.88. The van der Waals surface area contributed by atoms with Gasteiger partial charge in [0, 0.05) is 31.0 Å². The molecule has 0 unspecified atom stereocenters. The minimum atomic E-state index is -0.199. The smallest absolute Gasteiger partial charge is 0.264 e. The Labute approximate surface area is 182 Å². The number of aromatic nitrogens is 5. The lowest BCUT2D eigenvalue weighted by Crippen LogP contribution is -2.23. The van der Waals surface area contributed by atoms with Gasteiger partial charge in [-0.2, -0.15) is 5.10 Å². The Morgan fingerprint density at radius 1 is 1.23 bits per heavy atom. The first-order valence-electron chi connectivity index (χ1n) is 10.3. The van der Waals surface area contributed by atoms with Crippen LogP contribution in [0.4, 0.5) is 5.13 Å². The van der Waals surface area contributed by atoms with Crippen LogP contribution in [0.25, 0.3) is 22.3 Å². The third-order valence-corrected chi connectivity index (χ3v) is 6.45. The maximum absolute atomic E-state index is 12.5. The summed E-state index contributed by atoms with van der Waals surface area (Å²) in [5.41, 5.74) is 5.13.